The molecular weight excluding hydrogens is 309 g/mol. The van der Waals surface area contributed by atoms with Gasteiger partial charge in [0.25, 0.3) is 0 Å². The molecule has 2 rings (SSSR count). The van der Waals surface area contributed by atoms with Gasteiger partial charge in [0.05, 0.1) is 25.5 Å². The molecule has 5 heteroatoms. The second-order valence-electron chi connectivity index (χ2n) is 6.46. The zero-order valence-electron chi connectivity index (χ0n) is 14.3. The van der Waals surface area contributed by atoms with E-state index in [9.17, 15) is 9.50 Å². The minimum atomic E-state index is -0.604. The molecule has 0 bridgehead atoms. The van der Waals surface area contributed by atoms with Gasteiger partial charge in [-0.25, -0.2) is 4.39 Å². The third kappa shape index (κ3) is 6.83. The maximum atomic E-state index is 13.4. The molecule has 1 aromatic carbocycles. The van der Waals surface area contributed by atoms with Gasteiger partial charge in [-0.05, 0) is 35.7 Å². The van der Waals surface area contributed by atoms with Crippen LogP contribution >= 0.6 is 0 Å². The molecule has 24 heavy (non-hydrogen) atoms. The molecule has 0 unspecified atom stereocenters. The minimum Gasteiger partial charge on any atom is -0.468 e. The van der Waals surface area contributed by atoms with E-state index in [1.54, 1.807) is 12.3 Å². The van der Waals surface area contributed by atoms with Crippen LogP contribution in [0, 0.1) is 11.7 Å². The van der Waals surface area contributed by atoms with Gasteiger partial charge in [-0.1, -0.05) is 26.0 Å². The van der Waals surface area contributed by atoms with Crippen LogP contribution in [0.15, 0.2) is 47.1 Å². The molecule has 4 nitrogen and oxygen atoms in total. The number of hydrogen-bond donors (Lipinski definition) is 1. The first-order valence-electron chi connectivity index (χ1n) is 8.28. The monoisotopic (exact) mass is 335 g/mol. The number of aliphatic hydroxyl groups is 1. The number of hydrogen-bond acceptors (Lipinski definition) is 4. The fourth-order valence-corrected chi connectivity index (χ4v) is 2.49. The van der Waals surface area contributed by atoms with Gasteiger partial charge in [0.1, 0.15) is 11.6 Å². The third-order valence-electron chi connectivity index (χ3n) is 3.49. The van der Waals surface area contributed by atoms with Crippen molar-refractivity contribution in [3.05, 3.63) is 59.8 Å². The first-order valence-corrected chi connectivity index (χ1v) is 8.28. The van der Waals surface area contributed by atoms with Gasteiger partial charge in [-0.15, -0.1) is 0 Å². The molecule has 0 amide bonds. The van der Waals surface area contributed by atoms with Crippen LogP contribution in [-0.4, -0.2) is 35.9 Å². The van der Waals surface area contributed by atoms with Gasteiger partial charge in [0.15, 0.2) is 0 Å². The van der Waals surface area contributed by atoms with Gasteiger partial charge in [-0.3, -0.25) is 4.90 Å². The minimum absolute atomic E-state index is 0.258. The topological polar surface area (TPSA) is 45.8 Å². The maximum Gasteiger partial charge on any atom is 0.123 e. The molecule has 0 saturated heterocycles. The maximum absolute atomic E-state index is 13.4. The molecule has 132 valence electrons. The van der Waals surface area contributed by atoms with Crippen LogP contribution < -0.4 is 0 Å². The Morgan fingerprint density at radius 3 is 2.67 bits per heavy atom. The number of aliphatic hydroxyl groups excluding tert-OH is 1. The summed E-state index contributed by atoms with van der Waals surface area (Å²) in [4.78, 5) is 2.02. The summed E-state index contributed by atoms with van der Waals surface area (Å²) in [5, 5.41) is 10.2. The summed E-state index contributed by atoms with van der Waals surface area (Å²) < 4.78 is 24.3. The van der Waals surface area contributed by atoms with E-state index in [4.69, 9.17) is 9.15 Å². The second-order valence-corrected chi connectivity index (χ2v) is 6.46. The summed E-state index contributed by atoms with van der Waals surface area (Å²) in [6.45, 7) is 6.55. The molecule has 1 N–H and O–H groups in total. The number of halogens is 1. The Morgan fingerprint density at radius 1 is 1.17 bits per heavy atom. The number of rotatable bonds is 10. The van der Waals surface area contributed by atoms with Crippen LogP contribution in [0.5, 0.6) is 0 Å². The summed E-state index contributed by atoms with van der Waals surface area (Å²) in [7, 11) is 0. The van der Waals surface area contributed by atoms with Crippen LogP contribution in [0.1, 0.15) is 25.2 Å². The van der Waals surface area contributed by atoms with Crippen molar-refractivity contribution in [2.24, 2.45) is 5.92 Å². The Bertz CT molecular complexity index is 586. The fourth-order valence-electron chi connectivity index (χ4n) is 2.49. The summed E-state index contributed by atoms with van der Waals surface area (Å²) >= 11 is 0. The van der Waals surface area contributed by atoms with Crippen molar-refractivity contribution in [3.63, 3.8) is 0 Å². The van der Waals surface area contributed by atoms with Crippen LogP contribution in [-0.2, 0) is 17.8 Å². The van der Waals surface area contributed by atoms with Crippen molar-refractivity contribution in [2.45, 2.75) is 33.0 Å². The lowest BCUT2D eigenvalue weighted by Crippen LogP contribution is -2.34. The van der Waals surface area contributed by atoms with Crippen LogP contribution in [0.2, 0.25) is 0 Å². The highest BCUT2D eigenvalue weighted by molar-refractivity contribution is 5.16. The average molecular weight is 335 g/mol. The molecule has 0 spiro atoms. The molecule has 0 aliphatic rings. The molecule has 1 aromatic heterocycles. The summed E-state index contributed by atoms with van der Waals surface area (Å²) in [6.07, 6.45) is 1.02. The molecule has 0 radical (unpaired) electrons. The van der Waals surface area contributed by atoms with Gasteiger partial charge in [0, 0.05) is 19.7 Å². The highest BCUT2D eigenvalue weighted by Gasteiger charge is 2.15. The van der Waals surface area contributed by atoms with Crippen LogP contribution in [0.25, 0.3) is 0 Å². The zero-order valence-corrected chi connectivity index (χ0v) is 14.3. The lowest BCUT2D eigenvalue weighted by molar-refractivity contribution is 0.00459. The zero-order chi connectivity index (χ0) is 17.4. The Labute approximate surface area is 142 Å². The average Bonchev–Trinajstić information content (AvgIpc) is 2.99. The molecule has 0 fully saturated rings. The molecule has 1 heterocycles. The molecule has 1 atom stereocenters. The number of ether oxygens (including phenoxy) is 1. The van der Waals surface area contributed by atoms with E-state index < -0.39 is 6.10 Å². The van der Waals surface area contributed by atoms with E-state index in [-0.39, 0.29) is 12.4 Å². The Hall–Kier alpha value is -1.69. The van der Waals surface area contributed by atoms with E-state index in [1.165, 1.54) is 12.1 Å². The largest absolute Gasteiger partial charge is 0.468 e. The van der Waals surface area contributed by atoms with Gasteiger partial charge < -0.3 is 14.3 Å². The second kappa shape index (κ2) is 9.57. The smallest absolute Gasteiger partial charge is 0.123 e. The quantitative estimate of drug-likeness (QED) is 0.722. The van der Waals surface area contributed by atoms with Crippen molar-refractivity contribution in [3.8, 4) is 0 Å². The first-order chi connectivity index (χ1) is 11.5. The Morgan fingerprint density at radius 2 is 2.00 bits per heavy atom. The highest BCUT2D eigenvalue weighted by atomic mass is 19.1. The summed E-state index contributed by atoms with van der Waals surface area (Å²) in [5.41, 5.74) is 0.858. The van der Waals surface area contributed by atoms with E-state index >= 15 is 0 Å². The summed E-state index contributed by atoms with van der Waals surface area (Å²) in [6, 6.07) is 10.2. The van der Waals surface area contributed by atoms with E-state index in [0.29, 0.717) is 32.2 Å². The van der Waals surface area contributed by atoms with Crippen LogP contribution in [0.4, 0.5) is 4.39 Å². The van der Waals surface area contributed by atoms with Crippen molar-refractivity contribution >= 4 is 0 Å². The Kier molecular flexibility index (Phi) is 7.43. The standard InChI is InChI=1S/C19H26FNO3/c1-15(2)13-23-14-18(22)11-21(12-19-7-4-8-24-19)10-16-5-3-6-17(20)9-16/h3-9,15,18,22H,10-14H2,1-2H3/t18-/m0/s1. The molecular formula is C19H26FNO3. The molecule has 0 saturated carbocycles. The lowest BCUT2D eigenvalue weighted by atomic mass is 10.2. The Balaban J connectivity index is 1.94. The fraction of sp³-hybridized carbons (Fsp3) is 0.474. The van der Waals surface area contributed by atoms with Crippen molar-refractivity contribution in [1.29, 1.82) is 0 Å². The molecule has 0 aliphatic carbocycles. The SMILES string of the molecule is CC(C)COC[C@@H](O)CN(Cc1cccc(F)c1)Cc1ccco1. The third-order valence-corrected chi connectivity index (χ3v) is 3.49. The number of furan rings is 1. The predicted molar refractivity (Wildman–Crippen MR) is 90.9 cm³/mol. The van der Waals surface area contributed by atoms with Gasteiger partial charge in [-0.2, -0.15) is 0 Å². The van der Waals surface area contributed by atoms with Gasteiger partial charge >= 0.3 is 0 Å². The normalized spacial score (nSPS) is 12.9. The molecule has 0 aliphatic heterocycles. The van der Waals surface area contributed by atoms with Crippen molar-refractivity contribution in [1.82, 2.24) is 4.90 Å². The highest BCUT2D eigenvalue weighted by Crippen LogP contribution is 2.12. The molecule has 2 aromatic rings. The summed E-state index contributed by atoms with van der Waals surface area (Å²) in [5.74, 6) is 0.983. The predicted octanol–water partition coefficient (Wildman–Crippen LogP) is 3.45. The van der Waals surface area contributed by atoms with Crippen LogP contribution in [0.3, 0.4) is 0 Å². The van der Waals surface area contributed by atoms with E-state index in [0.717, 1.165) is 11.3 Å². The lowest BCUT2D eigenvalue weighted by Gasteiger charge is -2.24. The van der Waals surface area contributed by atoms with E-state index in [2.05, 4.69) is 13.8 Å². The van der Waals surface area contributed by atoms with Gasteiger partial charge in [0.2, 0.25) is 0 Å². The van der Waals surface area contributed by atoms with Crippen molar-refractivity contribution < 1.29 is 18.7 Å². The van der Waals surface area contributed by atoms with E-state index in [1.807, 2.05) is 23.1 Å². The van der Waals surface area contributed by atoms with Crippen molar-refractivity contribution in [2.75, 3.05) is 19.8 Å². The number of nitrogens with zero attached hydrogens (tertiary/aromatic N) is 1. The first kappa shape index (κ1) is 18.6. The number of benzene rings is 1.